The van der Waals surface area contributed by atoms with Gasteiger partial charge < -0.3 is 14.5 Å². The molecule has 0 radical (unpaired) electrons. The molecule has 10 heteroatoms. The van der Waals surface area contributed by atoms with Crippen LogP contribution in [0.15, 0.2) is 36.4 Å². The average Bonchev–Trinajstić information content (AvgIpc) is 3.06. The maximum Gasteiger partial charge on any atom is 0.417 e. The fraction of sp³-hybridized carbons (Fsp3) is 0.409. The molecule has 4 rings (SSSR count). The quantitative estimate of drug-likeness (QED) is 0.614. The van der Waals surface area contributed by atoms with Crippen LogP contribution in [0.25, 0.3) is 11.0 Å². The first-order chi connectivity index (χ1) is 15.1. The number of anilines is 1. The van der Waals surface area contributed by atoms with Gasteiger partial charge in [0.05, 0.1) is 16.6 Å². The summed E-state index contributed by atoms with van der Waals surface area (Å²) < 4.78 is 47.8. The third kappa shape index (κ3) is 4.21. The van der Waals surface area contributed by atoms with Gasteiger partial charge >= 0.3 is 6.18 Å². The van der Waals surface area contributed by atoms with Crippen molar-refractivity contribution in [3.05, 3.63) is 47.7 Å². The number of aryl methyl sites for hydroxylation is 2. The molecule has 0 bridgehead atoms. The van der Waals surface area contributed by atoms with E-state index in [0.29, 0.717) is 26.2 Å². The lowest BCUT2D eigenvalue weighted by Crippen LogP contribution is -2.52. The predicted octanol–water partition coefficient (Wildman–Crippen LogP) is 3.41. The van der Waals surface area contributed by atoms with E-state index in [-0.39, 0.29) is 28.5 Å². The van der Waals surface area contributed by atoms with Crippen LogP contribution < -0.4 is 9.64 Å². The summed E-state index contributed by atoms with van der Waals surface area (Å²) in [6.07, 6.45) is -5.58. The van der Waals surface area contributed by atoms with Crippen molar-refractivity contribution in [1.82, 2.24) is 19.7 Å². The molecule has 1 atom stereocenters. The van der Waals surface area contributed by atoms with Gasteiger partial charge in [-0.2, -0.15) is 23.3 Å². The smallest absolute Gasteiger partial charge is 0.417 e. The van der Waals surface area contributed by atoms with Gasteiger partial charge in [-0.15, -0.1) is 0 Å². The Morgan fingerprint density at radius 1 is 1.12 bits per heavy atom. The standard InChI is InChI=1S/C22H24F3N5O2/c1-14-19-17(22(23,24)25)13-18(26-20(19)28(3)27-14)32-15(2)21(31)30-11-9-29(10-12-30)16-7-5-4-6-8-16/h4-8,13,15H,9-12H2,1-3H3/t15-/m1/s1. The molecular weight excluding hydrogens is 423 g/mol. The summed E-state index contributed by atoms with van der Waals surface area (Å²) in [5.74, 6) is -0.536. The van der Waals surface area contributed by atoms with Crippen LogP contribution in [0.5, 0.6) is 5.88 Å². The molecule has 0 saturated carbocycles. The largest absolute Gasteiger partial charge is 0.464 e. The number of benzene rings is 1. The van der Waals surface area contributed by atoms with Gasteiger partial charge in [-0.25, -0.2) is 0 Å². The van der Waals surface area contributed by atoms with Crippen LogP contribution in [0.3, 0.4) is 0 Å². The number of alkyl halides is 3. The molecule has 0 unspecified atom stereocenters. The van der Waals surface area contributed by atoms with E-state index >= 15 is 0 Å². The number of amides is 1. The first-order valence-electron chi connectivity index (χ1n) is 10.3. The number of fused-ring (bicyclic) bond motifs is 1. The zero-order valence-corrected chi connectivity index (χ0v) is 18.1. The van der Waals surface area contributed by atoms with Crippen LogP contribution >= 0.6 is 0 Å². The first-order valence-corrected chi connectivity index (χ1v) is 10.3. The van der Waals surface area contributed by atoms with E-state index < -0.39 is 17.8 Å². The summed E-state index contributed by atoms with van der Waals surface area (Å²) in [4.78, 5) is 20.9. The zero-order valence-electron chi connectivity index (χ0n) is 18.1. The Morgan fingerprint density at radius 3 is 2.41 bits per heavy atom. The molecule has 0 spiro atoms. The highest BCUT2D eigenvalue weighted by Crippen LogP contribution is 2.37. The number of nitrogens with zero attached hydrogens (tertiary/aromatic N) is 5. The highest BCUT2D eigenvalue weighted by Gasteiger charge is 2.36. The number of carbonyl (C=O) groups is 1. The number of piperazine rings is 1. The summed E-state index contributed by atoms with van der Waals surface area (Å²) in [5, 5.41) is 3.98. The van der Waals surface area contributed by atoms with Gasteiger partial charge in [0, 0.05) is 45.0 Å². The second-order valence-electron chi connectivity index (χ2n) is 7.82. The molecule has 3 heterocycles. The molecule has 1 saturated heterocycles. The first kappa shape index (κ1) is 21.9. The SMILES string of the molecule is Cc1nn(C)c2nc(O[C@H](C)C(=O)N3CCN(c4ccccc4)CC3)cc(C(F)(F)F)c12. The van der Waals surface area contributed by atoms with Gasteiger partial charge in [-0.3, -0.25) is 9.48 Å². The third-order valence-electron chi connectivity index (χ3n) is 5.61. The summed E-state index contributed by atoms with van der Waals surface area (Å²) in [7, 11) is 1.52. The Labute approximate surface area is 183 Å². The molecule has 0 aliphatic carbocycles. The van der Waals surface area contributed by atoms with E-state index in [1.165, 1.54) is 25.6 Å². The second-order valence-corrected chi connectivity index (χ2v) is 7.82. The predicted molar refractivity (Wildman–Crippen MR) is 114 cm³/mol. The molecule has 0 N–H and O–H groups in total. The molecule has 2 aromatic heterocycles. The molecule has 1 fully saturated rings. The highest BCUT2D eigenvalue weighted by molar-refractivity contribution is 5.84. The number of carbonyl (C=O) groups excluding carboxylic acids is 1. The summed E-state index contributed by atoms with van der Waals surface area (Å²) in [6, 6.07) is 10.8. The number of ether oxygens (including phenoxy) is 1. The molecule has 1 aromatic carbocycles. The molecule has 170 valence electrons. The van der Waals surface area contributed by atoms with Gasteiger partial charge in [0.25, 0.3) is 5.91 Å². The minimum atomic E-state index is -4.60. The van der Waals surface area contributed by atoms with Crippen molar-refractivity contribution in [3.63, 3.8) is 0 Å². The van der Waals surface area contributed by atoms with E-state index in [4.69, 9.17) is 4.74 Å². The third-order valence-corrected chi connectivity index (χ3v) is 5.61. The van der Waals surface area contributed by atoms with Crippen LogP contribution in [-0.4, -0.2) is 57.9 Å². The van der Waals surface area contributed by atoms with E-state index in [1.54, 1.807) is 4.90 Å². The summed E-state index contributed by atoms with van der Waals surface area (Å²) in [6.45, 7) is 5.37. The number of hydrogen-bond acceptors (Lipinski definition) is 5. The maximum atomic E-state index is 13.7. The van der Waals surface area contributed by atoms with Crippen LogP contribution in [0, 0.1) is 6.92 Å². The molecule has 1 amide bonds. The van der Waals surface area contributed by atoms with Crippen LogP contribution in [0.4, 0.5) is 18.9 Å². The van der Waals surface area contributed by atoms with Crippen molar-refractivity contribution in [2.75, 3.05) is 31.1 Å². The van der Waals surface area contributed by atoms with Crippen molar-refractivity contribution in [2.24, 2.45) is 7.05 Å². The van der Waals surface area contributed by atoms with Crippen molar-refractivity contribution >= 4 is 22.6 Å². The Kier molecular flexibility index (Phi) is 5.70. The highest BCUT2D eigenvalue weighted by atomic mass is 19.4. The fourth-order valence-electron chi connectivity index (χ4n) is 4.02. The van der Waals surface area contributed by atoms with E-state index in [2.05, 4.69) is 15.0 Å². The average molecular weight is 447 g/mol. The van der Waals surface area contributed by atoms with Crippen molar-refractivity contribution in [3.8, 4) is 5.88 Å². The molecule has 32 heavy (non-hydrogen) atoms. The Balaban J connectivity index is 1.48. The van der Waals surface area contributed by atoms with Gasteiger partial charge in [-0.05, 0) is 26.0 Å². The summed E-state index contributed by atoms with van der Waals surface area (Å²) >= 11 is 0. The number of rotatable bonds is 4. The fourth-order valence-corrected chi connectivity index (χ4v) is 4.02. The van der Waals surface area contributed by atoms with E-state index in [9.17, 15) is 18.0 Å². The van der Waals surface area contributed by atoms with Crippen LogP contribution in [0.1, 0.15) is 18.2 Å². The van der Waals surface area contributed by atoms with E-state index in [0.717, 1.165) is 11.8 Å². The van der Waals surface area contributed by atoms with Crippen molar-refractivity contribution in [1.29, 1.82) is 0 Å². The number of hydrogen-bond donors (Lipinski definition) is 0. The monoisotopic (exact) mass is 447 g/mol. The van der Waals surface area contributed by atoms with Gasteiger partial charge in [-0.1, -0.05) is 18.2 Å². The van der Waals surface area contributed by atoms with Crippen molar-refractivity contribution < 1.29 is 22.7 Å². The molecule has 1 aliphatic heterocycles. The van der Waals surface area contributed by atoms with Gasteiger partial charge in [0.15, 0.2) is 11.8 Å². The molecule has 1 aliphatic rings. The van der Waals surface area contributed by atoms with Crippen LogP contribution in [-0.2, 0) is 18.0 Å². The van der Waals surface area contributed by atoms with Gasteiger partial charge in [0.1, 0.15) is 0 Å². The maximum absolute atomic E-state index is 13.7. The lowest BCUT2D eigenvalue weighted by atomic mass is 10.1. The zero-order chi connectivity index (χ0) is 23.0. The molecular formula is C22H24F3N5O2. The topological polar surface area (TPSA) is 63.5 Å². The molecule has 7 nitrogen and oxygen atoms in total. The number of para-hydroxylation sites is 1. The Morgan fingerprint density at radius 2 is 1.78 bits per heavy atom. The lowest BCUT2D eigenvalue weighted by molar-refractivity contribution is -0.138. The Bertz CT molecular complexity index is 1120. The van der Waals surface area contributed by atoms with E-state index in [1.807, 2.05) is 30.3 Å². The minimum Gasteiger partial charge on any atom is -0.464 e. The number of aromatic nitrogens is 3. The lowest BCUT2D eigenvalue weighted by Gasteiger charge is -2.37. The molecule has 3 aromatic rings. The number of halogens is 3. The van der Waals surface area contributed by atoms with Gasteiger partial charge in [0.2, 0.25) is 5.88 Å². The second kappa shape index (κ2) is 8.33. The van der Waals surface area contributed by atoms with Crippen LogP contribution in [0.2, 0.25) is 0 Å². The van der Waals surface area contributed by atoms with Crippen molar-refractivity contribution in [2.45, 2.75) is 26.1 Å². The Hall–Kier alpha value is -3.30. The number of pyridine rings is 1. The minimum absolute atomic E-state index is 0.0587. The normalized spacial score (nSPS) is 15.8. The summed E-state index contributed by atoms with van der Waals surface area (Å²) in [5.41, 5.74) is 0.504.